The molecule has 0 fully saturated rings. The normalized spacial score (nSPS) is 13.5. The summed E-state index contributed by atoms with van der Waals surface area (Å²) in [5.41, 5.74) is 9.03. The number of pyridine rings is 1. The molecule has 0 unspecified atom stereocenters. The van der Waals surface area contributed by atoms with Crippen LogP contribution in [0.15, 0.2) is 77.1 Å². The van der Waals surface area contributed by atoms with Gasteiger partial charge in [0.1, 0.15) is 11.5 Å². The lowest BCUT2D eigenvalue weighted by Gasteiger charge is -2.19. The van der Waals surface area contributed by atoms with Gasteiger partial charge in [-0.25, -0.2) is 4.99 Å². The van der Waals surface area contributed by atoms with Gasteiger partial charge in [0, 0.05) is 29.1 Å². The van der Waals surface area contributed by atoms with Crippen molar-refractivity contribution in [2.45, 2.75) is 26.2 Å². The highest BCUT2D eigenvalue weighted by atomic mass is 16.5. The second kappa shape index (κ2) is 7.51. The number of nitrogens with one attached hydrogen (secondary N) is 1. The summed E-state index contributed by atoms with van der Waals surface area (Å²) in [7, 11) is 1.66. The van der Waals surface area contributed by atoms with Crippen molar-refractivity contribution in [1.82, 2.24) is 10.4 Å². The molecule has 1 aliphatic heterocycles. The van der Waals surface area contributed by atoms with E-state index in [0.717, 1.165) is 33.8 Å². The summed E-state index contributed by atoms with van der Waals surface area (Å²) in [5.74, 6) is 1.47. The highest BCUT2D eigenvalue weighted by molar-refractivity contribution is 6.18. The van der Waals surface area contributed by atoms with Crippen LogP contribution in [0.3, 0.4) is 0 Å². The molecule has 146 valence electrons. The second-order valence-corrected chi connectivity index (χ2v) is 7.98. The predicted octanol–water partition coefficient (Wildman–Crippen LogP) is 4.82. The quantitative estimate of drug-likeness (QED) is 0.704. The van der Waals surface area contributed by atoms with Gasteiger partial charge in [-0.2, -0.15) is 5.10 Å². The zero-order chi connectivity index (χ0) is 20.4. The van der Waals surface area contributed by atoms with Gasteiger partial charge >= 0.3 is 0 Å². The third kappa shape index (κ3) is 3.90. The third-order valence-electron chi connectivity index (χ3n) is 4.94. The maximum Gasteiger partial charge on any atom is 0.154 e. The number of methoxy groups -OCH3 is 1. The molecule has 5 nitrogen and oxygen atoms in total. The van der Waals surface area contributed by atoms with E-state index < -0.39 is 0 Å². The van der Waals surface area contributed by atoms with Gasteiger partial charge in [0.2, 0.25) is 0 Å². The molecule has 0 bridgehead atoms. The number of benzene rings is 2. The van der Waals surface area contributed by atoms with E-state index in [0.29, 0.717) is 5.84 Å². The van der Waals surface area contributed by atoms with Crippen molar-refractivity contribution in [3.63, 3.8) is 0 Å². The van der Waals surface area contributed by atoms with E-state index in [9.17, 15) is 0 Å². The van der Waals surface area contributed by atoms with Crippen LogP contribution >= 0.6 is 0 Å². The van der Waals surface area contributed by atoms with Crippen molar-refractivity contribution in [3.05, 3.63) is 89.2 Å². The van der Waals surface area contributed by atoms with Gasteiger partial charge in [0.25, 0.3) is 0 Å². The lowest BCUT2D eigenvalue weighted by atomic mass is 9.86. The lowest BCUT2D eigenvalue weighted by molar-refractivity contribution is 0.415. The molecule has 29 heavy (non-hydrogen) atoms. The first-order valence-electron chi connectivity index (χ1n) is 9.58. The van der Waals surface area contributed by atoms with Gasteiger partial charge in [0.15, 0.2) is 5.84 Å². The first-order chi connectivity index (χ1) is 14.0. The van der Waals surface area contributed by atoms with E-state index in [1.165, 1.54) is 5.56 Å². The molecule has 4 rings (SSSR count). The van der Waals surface area contributed by atoms with E-state index in [-0.39, 0.29) is 5.41 Å². The second-order valence-electron chi connectivity index (χ2n) is 7.98. The molecule has 0 saturated heterocycles. The minimum absolute atomic E-state index is 0.104. The first kappa shape index (κ1) is 18.9. The van der Waals surface area contributed by atoms with E-state index >= 15 is 0 Å². The number of nitrogens with zero attached hydrogens (tertiary/aromatic N) is 3. The van der Waals surface area contributed by atoms with Crippen LogP contribution < -0.4 is 10.2 Å². The number of hydrazone groups is 1. The number of rotatable bonds is 3. The average molecular weight is 384 g/mol. The number of aromatic nitrogens is 1. The molecule has 1 aliphatic rings. The van der Waals surface area contributed by atoms with Crippen molar-refractivity contribution in [1.29, 1.82) is 0 Å². The molecule has 0 radical (unpaired) electrons. The van der Waals surface area contributed by atoms with Gasteiger partial charge in [0.05, 0.1) is 12.8 Å². The van der Waals surface area contributed by atoms with Gasteiger partial charge in [-0.05, 0) is 41.3 Å². The highest BCUT2D eigenvalue weighted by Gasteiger charge is 2.19. The molecular weight excluding hydrogens is 360 g/mol. The Hall–Kier alpha value is -3.47. The largest absolute Gasteiger partial charge is 0.497 e. The maximum atomic E-state index is 5.43. The molecule has 0 aliphatic carbocycles. The SMILES string of the molecule is COc1ccc2c(c1)C(c1ccncc1)=NNC(c1ccc(C(C)(C)C)cc1)=N2. The van der Waals surface area contributed by atoms with Crippen LogP contribution in [0.1, 0.15) is 43.0 Å². The molecule has 3 aromatic rings. The smallest absolute Gasteiger partial charge is 0.154 e. The van der Waals surface area contributed by atoms with E-state index in [2.05, 4.69) is 55.4 Å². The van der Waals surface area contributed by atoms with Crippen LogP contribution in [0.25, 0.3) is 0 Å². The Bertz CT molecular complexity index is 1080. The Morgan fingerprint density at radius 3 is 2.24 bits per heavy atom. The summed E-state index contributed by atoms with van der Waals surface area (Å²) >= 11 is 0. The van der Waals surface area contributed by atoms with Crippen LogP contribution in [-0.4, -0.2) is 23.6 Å². The van der Waals surface area contributed by atoms with Crippen molar-refractivity contribution >= 4 is 17.2 Å². The molecule has 2 heterocycles. The van der Waals surface area contributed by atoms with Crippen molar-refractivity contribution in [2.24, 2.45) is 10.1 Å². The molecule has 0 saturated carbocycles. The number of hydrogen-bond acceptors (Lipinski definition) is 5. The van der Waals surface area contributed by atoms with Crippen molar-refractivity contribution in [2.75, 3.05) is 7.11 Å². The Balaban J connectivity index is 1.80. The summed E-state index contributed by atoms with van der Waals surface area (Å²) < 4.78 is 5.43. The minimum Gasteiger partial charge on any atom is -0.497 e. The molecule has 0 amide bonds. The predicted molar refractivity (Wildman–Crippen MR) is 117 cm³/mol. The van der Waals surface area contributed by atoms with Gasteiger partial charge < -0.3 is 4.74 Å². The summed E-state index contributed by atoms with van der Waals surface area (Å²) in [5, 5.41) is 4.69. The fourth-order valence-corrected chi connectivity index (χ4v) is 3.23. The van der Waals surface area contributed by atoms with Gasteiger partial charge in [-0.1, -0.05) is 45.0 Å². The van der Waals surface area contributed by atoms with Gasteiger partial charge in [-0.15, -0.1) is 0 Å². The Morgan fingerprint density at radius 2 is 1.59 bits per heavy atom. The van der Waals surface area contributed by atoms with Gasteiger partial charge in [-0.3, -0.25) is 10.4 Å². The lowest BCUT2D eigenvalue weighted by Crippen LogP contribution is -2.20. The number of ether oxygens (including phenoxy) is 1. The number of fused-ring (bicyclic) bond motifs is 1. The fraction of sp³-hybridized carbons (Fsp3) is 0.208. The first-order valence-corrected chi connectivity index (χ1v) is 9.58. The highest BCUT2D eigenvalue weighted by Crippen LogP contribution is 2.30. The fourth-order valence-electron chi connectivity index (χ4n) is 3.23. The standard InChI is InChI=1S/C24H24N4O/c1-24(2,3)18-7-5-17(6-8-18)23-26-21-10-9-19(29-4)15-20(21)22(27-28-23)16-11-13-25-14-12-16/h5-15H,1-4H3,(H,26,28). The van der Waals surface area contributed by atoms with E-state index in [1.54, 1.807) is 19.5 Å². The molecule has 5 heteroatoms. The summed E-state index contributed by atoms with van der Waals surface area (Å²) in [6.45, 7) is 6.62. The van der Waals surface area contributed by atoms with Crippen LogP contribution in [0, 0.1) is 0 Å². The van der Waals surface area contributed by atoms with E-state index in [1.807, 2.05) is 30.3 Å². The summed E-state index contributed by atoms with van der Waals surface area (Å²) in [6.07, 6.45) is 3.52. The topological polar surface area (TPSA) is 58.9 Å². The molecule has 1 aromatic heterocycles. The van der Waals surface area contributed by atoms with Crippen LogP contribution in [0.5, 0.6) is 5.75 Å². The molecule has 0 spiro atoms. The van der Waals surface area contributed by atoms with Crippen LogP contribution in [0.4, 0.5) is 5.69 Å². The van der Waals surface area contributed by atoms with Crippen LogP contribution in [-0.2, 0) is 5.41 Å². The zero-order valence-electron chi connectivity index (χ0n) is 17.1. The molecule has 0 atom stereocenters. The number of amidine groups is 1. The Labute approximate surface area is 171 Å². The monoisotopic (exact) mass is 384 g/mol. The zero-order valence-corrected chi connectivity index (χ0v) is 17.1. The maximum absolute atomic E-state index is 5.43. The van der Waals surface area contributed by atoms with Crippen molar-refractivity contribution < 1.29 is 4.74 Å². The van der Waals surface area contributed by atoms with Crippen LogP contribution in [0.2, 0.25) is 0 Å². The summed E-state index contributed by atoms with van der Waals surface area (Å²) in [4.78, 5) is 8.99. The molecule has 2 aromatic carbocycles. The summed E-state index contributed by atoms with van der Waals surface area (Å²) in [6, 6.07) is 18.2. The third-order valence-corrected chi connectivity index (χ3v) is 4.94. The number of aliphatic imine (C=N–C) groups is 1. The number of hydrogen-bond donors (Lipinski definition) is 1. The van der Waals surface area contributed by atoms with Crippen molar-refractivity contribution in [3.8, 4) is 5.75 Å². The molecular formula is C24H24N4O. The molecule has 1 N–H and O–H groups in total. The average Bonchev–Trinajstić information content (AvgIpc) is 2.93. The van der Waals surface area contributed by atoms with E-state index in [4.69, 9.17) is 14.8 Å². The Morgan fingerprint density at radius 1 is 0.862 bits per heavy atom. The minimum atomic E-state index is 0.104. The Kier molecular flexibility index (Phi) is 4.89.